The first-order valence-corrected chi connectivity index (χ1v) is 4.85. The summed E-state index contributed by atoms with van der Waals surface area (Å²) in [5.41, 5.74) is 0. The lowest BCUT2D eigenvalue weighted by Crippen LogP contribution is -2.35. The Labute approximate surface area is 79.1 Å². The van der Waals surface area contributed by atoms with E-state index in [9.17, 15) is 9.59 Å². The highest BCUT2D eigenvalue weighted by Crippen LogP contribution is 2.24. The van der Waals surface area contributed by atoms with Gasteiger partial charge in [-0.25, -0.2) is 0 Å². The summed E-state index contributed by atoms with van der Waals surface area (Å²) < 4.78 is 0. The first-order valence-electron chi connectivity index (χ1n) is 4.85. The third kappa shape index (κ3) is 2.83. The molecule has 0 N–H and O–H groups in total. The van der Waals surface area contributed by atoms with Crippen LogP contribution in [0.3, 0.4) is 0 Å². The Morgan fingerprint density at radius 2 is 2.00 bits per heavy atom. The topological polar surface area (TPSA) is 37.4 Å². The number of nitrogens with zero attached hydrogens (tertiary/aromatic N) is 1. The van der Waals surface area contributed by atoms with Gasteiger partial charge in [0.05, 0.1) is 6.54 Å². The zero-order chi connectivity index (χ0) is 9.68. The third-order valence-corrected chi connectivity index (χ3v) is 2.63. The molecule has 0 atom stereocenters. The second kappa shape index (κ2) is 5.00. The maximum Gasteiger partial charge on any atom is 0.225 e. The SMILES string of the molecule is CN(C[C]=O)C(=O)C1CCCCC1. The molecule has 0 aliphatic heterocycles. The summed E-state index contributed by atoms with van der Waals surface area (Å²) in [6.07, 6.45) is 7.26. The van der Waals surface area contributed by atoms with Crippen molar-refractivity contribution in [2.45, 2.75) is 32.1 Å². The van der Waals surface area contributed by atoms with Crippen molar-refractivity contribution in [3.8, 4) is 0 Å². The molecule has 1 fully saturated rings. The minimum atomic E-state index is 0.106. The molecule has 1 radical (unpaired) electrons. The van der Waals surface area contributed by atoms with E-state index in [1.54, 1.807) is 13.3 Å². The molecule has 0 heterocycles. The number of amides is 1. The van der Waals surface area contributed by atoms with Gasteiger partial charge in [0.15, 0.2) is 0 Å². The average molecular weight is 182 g/mol. The van der Waals surface area contributed by atoms with Gasteiger partial charge in [-0.1, -0.05) is 19.3 Å². The smallest absolute Gasteiger partial charge is 0.225 e. The summed E-state index contributed by atoms with van der Waals surface area (Å²) in [5, 5.41) is 0. The lowest BCUT2D eigenvalue weighted by Gasteiger charge is -2.24. The van der Waals surface area contributed by atoms with Crippen LogP contribution in [0.4, 0.5) is 0 Å². The van der Waals surface area contributed by atoms with Gasteiger partial charge in [-0.2, -0.15) is 0 Å². The van der Waals surface area contributed by atoms with Gasteiger partial charge in [-0.05, 0) is 12.8 Å². The lowest BCUT2D eigenvalue weighted by molar-refractivity contribution is -0.134. The van der Waals surface area contributed by atoms with Crippen LogP contribution in [0, 0.1) is 5.92 Å². The molecule has 0 aromatic heterocycles. The van der Waals surface area contributed by atoms with E-state index in [4.69, 9.17) is 0 Å². The van der Waals surface area contributed by atoms with Crippen LogP contribution in [-0.2, 0) is 9.59 Å². The van der Waals surface area contributed by atoms with Crippen LogP contribution in [0.1, 0.15) is 32.1 Å². The summed E-state index contributed by atoms with van der Waals surface area (Å²) in [7, 11) is 1.67. The summed E-state index contributed by atoms with van der Waals surface area (Å²) in [5.74, 6) is 0.273. The first-order chi connectivity index (χ1) is 6.25. The standard InChI is InChI=1S/C10H16NO2/c1-11(7-8-12)10(13)9-5-3-2-4-6-9/h9H,2-7H2,1H3. The van der Waals surface area contributed by atoms with Gasteiger partial charge in [-0.15, -0.1) is 0 Å². The molecule has 1 aliphatic rings. The molecule has 0 aromatic rings. The number of hydrogen-bond donors (Lipinski definition) is 0. The largest absolute Gasteiger partial charge is 0.338 e. The van der Waals surface area contributed by atoms with Crippen molar-refractivity contribution >= 4 is 12.2 Å². The summed E-state index contributed by atoms with van der Waals surface area (Å²) in [6.45, 7) is 0.106. The Morgan fingerprint density at radius 1 is 1.38 bits per heavy atom. The molecule has 1 aliphatic carbocycles. The number of hydrogen-bond acceptors (Lipinski definition) is 2. The van der Waals surface area contributed by atoms with Crippen LogP contribution in [0.2, 0.25) is 0 Å². The second-order valence-corrected chi connectivity index (χ2v) is 3.67. The van der Waals surface area contributed by atoms with Gasteiger partial charge < -0.3 is 4.90 Å². The maximum atomic E-state index is 11.6. The molecule has 0 aromatic carbocycles. The fourth-order valence-electron chi connectivity index (χ4n) is 1.84. The molecular weight excluding hydrogens is 166 g/mol. The highest BCUT2D eigenvalue weighted by molar-refractivity contribution is 5.80. The average Bonchev–Trinajstić information content (AvgIpc) is 2.18. The Kier molecular flexibility index (Phi) is 3.93. The van der Waals surface area contributed by atoms with Crippen LogP contribution in [0.5, 0.6) is 0 Å². The van der Waals surface area contributed by atoms with E-state index in [0.717, 1.165) is 25.7 Å². The second-order valence-electron chi connectivity index (χ2n) is 3.67. The van der Waals surface area contributed by atoms with Crippen molar-refractivity contribution in [1.82, 2.24) is 4.90 Å². The fourth-order valence-corrected chi connectivity index (χ4v) is 1.84. The van der Waals surface area contributed by atoms with E-state index in [1.165, 1.54) is 11.3 Å². The van der Waals surface area contributed by atoms with E-state index in [0.29, 0.717) is 0 Å². The van der Waals surface area contributed by atoms with Gasteiger partial charge in [-0.3, -0.25) is 9.59 Å². The van der Waals surface area contributed by atoms with Crippen LogP contribution >= 0.6 is 0 Å². The van der Waals surface area contributed by atoms with Gasteiger partial charge in [0, 0.05) is 13.0 Å². The lowest BCUT2D eigenvalue weighted by atomic mass is 9.88. The van der Waals surface area contributed by atoms with Crippen molar-refractivity contribution in [3.63, 3.8) is 0 Å². The summed E-state index contributed by atoms with van der Waals surface area (Å²) >= 11 is 0. The molecule has 3 heteroatoms. The summed E-state index contributed by atoms with van der Waals surface area (Å²) in [6, 6.07) is 0. The summed E-state index contributed by atoms with van der Waals surface area (Å²) in [4.78, 5) is 23.2. The van der Waals surface area contributed by atoms with Gasteiger partial charge in [0.1, 0.15) is 0 Å². The number of likely N-dealkylation sites (N-methyl/N-ethyl adjacent to an activating group) is 1. The minimum absolute atomic E-state index is 0.106. The van der Waals surface area contributed by atoms with Crippen LogP contribution < -0.4 is 0 Å². The van der Waals surface area contributed by atoms with E-state index in [2.05, 4.69) is 0 Å². The molecule has 1 amide bonds. The van der Waals surface area contributed by atoms with Gasteiger partial charge in [0.2, 0.25) is 12.2 Å². The predicted molar refractivity (Wildman–Crippen MR) is 49.9 cm³/mol. The van der Waals surface area contributed by atoms with Crippen molar-refractivity contribution in [2.24, 2.45) is 5.92 Å². The Hall–Kier alpha value is -0.860. The van der Waals surface area contributed by atoms with Crippen LogP contribution in [0.25, 0.3) is 0 Å². The van der Waals surface area contributed by atoms with Crippen LogP contribution in [0.15, 0.2) is 0 Å². The number of carbonyl (C=O) groups is 1. The molecule has 1 rings (SSSR count). The van der Waals surface area contributed by atoms with E-state index in [-0.39, 0.29) is 18.4 Å². The van der Waals surface area contributed by atoms with Gasteiger partial charge in [0.25, 0.3) is 0 Å². The molecular formula is C10H16NO2. The van der Waals surface area contributed by atoms with Crippen molar-refractivity contribution < 1.29 is 9.59 Å². The molecule has 0 bridgehead atoms. The Balaban J connectivity index is 2.40. The number of carbonyl (C=O) groups excluding carboxylic acids is 2. The maximum absolute atomic E-state index is 11.6. The quantitative estimate of drug-likeness (QED) is 0.656. The molecule has 13 heavy (non-hydrogen) atoms. The van der Waals surface area contributed by atoms with Crippen LogP contribution in [-0.4, -0.2) is 30.7 Å². The predicted octanol–water partition coefficient (Wildman–Crippen LogP) is 1.13. The van der Waals surface area contributed by atoms with E-state index in [1.807, 2.05) is 0 Å². The number of rotatable bonds is 3. The van der Waals surface area contributed by atoms with Gasteiger partial charge >= 0.3 is 0 Å². The highest BCUT2D eigenvalue weighted by atomic mass is 16.2. The molecule has 1 saturated carbocycles. The molecule has 0 saturated heterocycles. The van der Waals surface area contributed by atoms with Crippen molar-refractivity contribution in [3.05, 3.63) is 0 Å². The monoisotopic (exact) mass is 182 g/mol. The normalized spacial score (nSPS) is 18.2. The Bertz CT molecular complexity index is 185. The fraction of sp³-hybridized carbons (Fsp3) is 0.800. The highest BCUT2D eigenvalue weighted by Gasteiger charge is 2.23. The molecule has 0 unspecified atom stereocenters. The third-order valence-electron chi connectivity index (χ3n) is 2.63. The van der Waals surface area contributed by atoms with E-state index < -0.39 is 0 Å². The zero-order valence-corrected chi connectivity index (χ0v) is 8.08. The molecule has 0 spiro atoms. The van der Waals surface area contributed by atoms with E-state index >= 15 is 0 Å². The zero-order valence-electron chi connectivity index (χ0n) is 8.08. The minimum Gasteiger partial charge on any atom is -0.338 e. The first kappa shape index (κ1) is 10.2. The van der Waals surface area contributed by atoms with Crippen molar-refractivity contribution in [2.75, 3.05) is 13.6 Å². The Morgan fingerprint density at radius 3 is 2.54 bits per heavy atom. The molecule has 73 valence electrons. The van der Waals surface area contributed by atoms with Crippen molar-refractivity contribution in [1.29, 1.82) is 0 Å². The molecule has 3 nitrogen and oxygen atoms in total.